The number of benzene rings is 1. The zero-order valence-electron chi connectivity index (χ0n) is 11.0. The summed E-state index contributed by atoms with van der Waals surface area (Å²) in [5.74, 6) is -0.233. The molecule has 3 N–H and O–H groups in total. The normalized spacial score (nSPS) is 23.9. The summed E-state index contributed by atoms with van der Waals surface area (Å²) >= 11 is 1.91. The number of hydrogen-bond acceptors (Lipinski definition) is 3. The van der Waals surface area contributed by atoms with Gasteiger partial charge in [0.15, 0.2) is 0 Å². The number of nitrogens with one attached hydrogen (secondary N) is 1. The first kappa shape index (κ1) is 13.5. The van der Waals surface area contributed by atoms with Crippen LogP contribution in [0.5, 0.6) is 0 Å². The average Bonchev–Trinajstić information content (AvgIpc) is 2.36. The van der Waals surface area contributed by atoms with Crippen molar-refractivity contribution in [1.29, 1.82) is 0 Å². The molecule has 2 nitrogen and oxygen atoms in total. The van der Waals surface area contributed by atoms with Gasteiger partial charge in [-0.25, -0.2) is 4.39 Å². The Bertz CT molecular complexity index is 423. The summed E-state index contributed by atoms with van der Waals surface area (Å²) in [4.78, 5) is 0. The molecule has 0 heterocycles. The van der Waals surface area contributed by atoms with Crippen LogP contribution in [0.4, 0.5) is 15.8 Å². The van der Waals surface area contributed by atoms with Gasteiger partial charge in [-0.2, -0.15) is 11.8 Å². The molecule has 1 aromatic rings. The molecule has 1 aliphatic rings. The quantitative estimate of drug-likeness (QED) is 0.819. The molecule has 100 valence electrons. The topological polar surface area (TPSA) is 38.0 Å². The van der Waals surface area contributed by atoms with E-state index in [1.165, 1.54) is 31.7 Å². The maximum absolute atomic E-state index is 13.4. The highest BCUT2D eigenvalue weighted by Crippen LogP contribution is 2.31. The summed E-state index contributed by atoms with van der Waals surface area (Å²) in [5, 5.41) is 4.13. The van der Waals surface area contributed by atoms with Crippen LogP contribution in [0, 0.1) is 12.7 Å². The van der Waals surface area contributed by atoms with Crippen LogP contribution in [-0.2, 0) is 0 Å². The molecule has 2 unspecified atom stereocenters. The lowest BCUT2D eigenvalue weighted by molar-refractivity contribution is 0.475. The van der Waals surface area contributed by atoms with E-state index in [0.29, 0.717) is 22.5 Å². The van der Waals surface area contributed by atoms with Gasteiger partial charge in [-0.1, -0.05) is 12.8 Å². The Labute approximate surface area is 113 Å². The summed E-state index contributed by atoms with van der Waals surface area (Å²) < 4.78 is 13.4. The van der Waals surface area contributed by atoms with Crippen molar-refractivity contribution < 1.29 is 4.39 Å². The summed E-state index contributed by atoms with van der Waals surface area (Å²) in [5.41, 5.74) is 7.91. The predicted octanol–water partition coefficient (Wildman–Crippen LogP) is 3.80. The van der Waals surface area contributed by atoms with Gasteiger partial charge < -0.3 is 11.1 Å². The first-order valence-electron chi connectivity index (χ1n) is 6.46. The number of nitrogens with two attached hydrogens (primary N) is 1. The molecule has 1 aromatic carbocycles. The molecule has 2 rings (SSSR count). The van der Waals surface area contributed by atoms with Crippen molar-refractivity contribution in [2.75, 3.05) is 17.3 Å². The van der Waals surface area contributed by atoms with Gasteiger partial charge in [-0.15, -0.1) is 0 Å². The fraction of sp³-hybridized carbons (Fsp3) is 0.571. The van der Waals surface area contributed by atoms with Crippen LogP contribution in [0.2, 0.25) is 0 Å². The Kier molecular flexibility index (Phi) is 4.38. The molecule has 0 spiro atoms. The van der Waals surface area contributed by atoms with Crippen LogP contribution < -0.4 is 11.1 Å². The van der Waals surface area contributed by atoms with E-state index in [1.54, 1.807) is 6.92 Å². The van der Waals surface area contributed by atoms with Crippen LogP contribution in [0.25, 0.3) is 0 Å². The van der Waals surface area contributed by atoms with Crippen LogP contribution in [0.3, 0.4) is 0 Å². The maximum Gasteiger partial charge on any atom is 0.128 e. The largest absolute Gasteiger partial charge is 0.397 e. The van der Waals surface area contributed by atoms with Gasteiger partial charge in [0.05, 0.1) is 11.4 Å². The Morgan fingerprint density at radius 3 is 2.78 bits per heavy atom. The fourth-order valence-corrected chi connectivity index (χ4v) is 3.50. The lowest BCUT2D eigenvalue weighted by atomic mass is 9.94. The van der Waals surface area contributed by atoms with Crippen molar-refractivity contribution in [1.82, 2.24) is 0 Å². The molecule has 1 aliphatic carbocycles. The number of thioether (sulfide) groups is 1. The zero-order valence-corrected chi connectivity index (χ0v) is 11.8. The van der Waals surface area contributed by atoms with Crippen LogP contribution in [0.1, 0.15) is 31.2 Å². The van der Waals surface area contributed by atoms with Gasteiger partial charge in [0, 0.05) is 11.3 Å². The zero-order chi connectivity index (χ0) is 13.1. The average molecular weight is 268 g/mol. The number of halogens is 1. The van der Waals surface area contributed by atoms with Crippen molar-refractivity contribution in [3.8, 4) is 0 Å². The highest BCUT2D eigenvalue weighted by Gasteiger charge is 2.24. The van der Waals surface area contributed by atoms with Gasteiger partial charge in [0.25, 0.3) is 0 Å². The minimum Gasteiger partial charge on any atom is -0.397 e. The molecule has 2 atom stereocenters. The Morgan fingerprint density at radius 2 is 2.06 bits per heavy atom. The number of hydrogen-bond donors (Lipinski definition) is 2. The van der Waals surface area contributed by atoms with Gasteiger partial charge >= 0.3 is 0 Å². The summed E-state index contributed by atoms with van der Waals surface area (Å²) in [7, 11) is 0. The molecular weight excluding hydrogens is 247 g/mol. The van der Waals surface area contributed by atoms with Gasteiger partial charge in [-0.3, -0.25) is 0 Å². The molecule has 0 saturated heterocycles. The Balaban J connectivity index is 2.15. The lowest BCUT2D eigenvalue weighted by Gasteiger charge is -2.32. The second kappa shape index (κ2) is 5.83. The van der Waals surface area contributed by atoms with Crippen molar-refractivity contribution in [3.63, 3.8) is 0 Å². The second-order valence-electron chi connectivity index (χ2n) is 5.00. The maximum atomic E-state index is 13.4. The highest BCUT2D eigenvalue weighted by atomic mass is 32.2. The van der Waals surface area contributed by atoms with E-state index in [1.807, 2.05) is 17.8 Å². The van der Waals surface area contributed by atoms with E-state index >= 15 is 0 Å². The van der Waals surface area contributed by atoms with Crippen molar-refractivity contribution in [2.45, 2.75) is 43.9 Å². The standard InChI is InChI=1S/C14H21FN2S/c1-9-7-13(11(16)8-10(9)15)17-12-5-3-4-6-14(12)18-2/h7-8,12,14,17H,3-6,16H2,1-2H3. The second-order valence-corrected chi connectivity index (χ2v) is 6.07. The van der Waals surface area contributed by atoms with Gasteiger partial charge in [0.1, 0.15) is 5.82 Å². The van der Waals surface area contributed by atoms with Crippen LogP contribution in [-0.4, -0.2) is 17.5 Å². The third kappa shape index (κ3) is 2.91. The molecule has 18 heavy (non-hydrogen) atoms. The van der Waals surface area contributed by atoms with E-state index in [4.69, 9.17) is 5.73 Å². The van der Waals surface area contributed by atoms with Crippen molar-refractivity contribution in [2.24, 2.45) is 0 Å². The van der Waals surface area contributed by atoms with Crippen LogP contribution >= 0.6 is 11.8 Å². The fourth-order valence-electron chi connectivity index (χ4n) is 2.57. The first-order valence-corrected chi connectivity index (χ1v) is 7.75. The minimum absolute atomic E-state index is 0.233. The Hall–Kier alpha value is -0.900. The van der Waals surface area contributed by atoms with E-state index in [0.717, 1.165) is 5.69 Å². The Morgan fingerprint density at radius 1 is 1.33 bits per heavy atom. The van der Waals surface area contributed by atoms with Gasteiger partial charge in [-0.05, 0) is 43.7 Å². The molecule has 0 bridgehead atoms. The monoisotopic (exact) mass is 268 g/mol. The SMILES string of the molecule is CSC1CCCCC1Nc1cc(C)c(F)cc1N. The molecule has 0 radical (unpaired) electrons. The number of rotatable bonds is 3. The first-order chi connectivity index (χ1) is 8.61. The molecule has 0 aliphatic heterocycles. The molecule has 1 saturated carbocycles. The highest BCUT2D eigenvalue weighted by molar-refractivity contribution is 7.99. The molecular formula is C14H21FN2S. The molecule has 4 heteroatoms. The molecule has 0 amide bonds. The van der Waals surface area contributed by atoms with Crippen molar-refractivity contribution >= 4 is 23.1 Å². The smallest absolute Gasteiger partial charge is 0.128 e. The van der Waals surface area contributed by atoms with Crippen molar-refractivity contribution in [3.05, 3.63) is 23.5 Å². The summed E-state index contributed by atoms with van der Waals surface area (Å²) in [6.45, 7) is 1.77. The summed E-state index contributed by atoms with van der Waals surface area (Å²) in [6, 6.07) is 3.67. The van der Waals surface area contributed by atoms with E-state index in [9.17, 15) is 4.39 Å². The predicted molar refractivity (Wildman–Crippen MR) is 78.7 cm³/mol. The van der Waals surface area contributed by atoms with E-state index in [-0.39, 0.29) is 5.82 Å². The lowest BCUT2D eigenvalue weighted by Crippen LogP contribution is -2.34. The number of anilines is 2. The van der Waals surface area contributed by atoms with Crippen LogP contribution in [0.15, 0.2) is 12.1 Å². The summed E-state index contributed by atoms with van der Waals surface area (Å²) in [6.07, 6.45) is 7.14. The number of aryl methyl sites for hydroxylation is 1. The third-order valence-electron chi connectivity index (χ3n) is 3.68. The van der Waals surface area contributed by atoms with E-state index < -0.39 is 0 Å². The minimum atomic E-state index is -0.233. The molecule has 0 aromatic heterocycles. The third-order valence-corrected chi connectivity index (χ3v) is 4.85. The molecule has 1 fully saturated rings. The number of nitrogen functional groups attached to an aromatic ring is 1. The van der Waals surface area contributed by atoms with Gasteiger partial charge in [0.2, 0.25) is 0 Å². The van der Waals surface area contributed by atoms with E-state index in [2.05, 4.69) is 11.6 Å².